The Hall–Kier alpha value is -1.33. The summed E-state index contributed by atoms with van der Waals surface area (Å²) in [4.78, 5) is 16.9. The van der Waals surface area contributed by atoms with E-state index >= 15 is 0 Å². The van der Waals surface area contributed by atoms with Crippen molar-refractivity contribution in [2.45, 2.75) is 26.3 Å². The number of rotatable bonds is 4. The number of hydrogen-bond acceptors (Lipinski definition) is 5. The SMILES string of the molecule is CCSC(=O)C1C(CC)=NCNC1c1cccc(O)c1. The lowest BCUT2D eigenvalue weighted by Crippen LogP contribution is -2.41. The predicted molar refractivity (Wildman–Crippen MR) is 83.2 cm³/mol. The molecule has 1 aliphatic rings. The predicted octanol–water partition coefficient (Wildman–Crippen LogP) is 2.74. The van der Waals surface area contributed by atoms with E-state index in [9.17, 15) is 9.90 Å². The molecule has 5 heteroatoms. The number of nitrogens with zero attached hydrogens (tertiary/aromatic N) is 1. The molecule has 0 bridgehead atoms. The van der Waals surface area contributed by atoms with E-state index in [0.29, 0.717) is 6.67 Å². The molecule has 0 saturated carbocycles. The molecule has 0 saturated heterocycles. The van der Waals surface area contributed by atoms with Gasteiger partial charge in [0.1, 0.15) is 5.75 Å². The second-order valence-electron chi connectivity index (χ2n) is 4.67. The molecule has 2 rings (SSSR count). The van der Waals surface area contributed by atoms with Crippen LogP contribution < -0.4 is 5.32 Å². The fourth-order valence-electron chi connectivity index (χ4n) is 2.52. The second kappa shape index (κ2) is 6.90. The Balaban J connectivity index is 2.34. The third kappa shape index (κ3) is 3.22. The minimum Gasteiger partial charge on any atom is -0.508 e. The van der Waals surface area contributed by atoms with Crippen molar-refractivity contribution in [1.82, 2.24) is 5.32 Å². The Morgan fingerprint density at radius 3 is 2.95 bits per heavy atom. The summed E-state index contributed by atoms with van der Waals surface area (Å²) < 4.78 is 0. The highest BCUT2D eigenvalue weighted by Gasteiger charge is 2.35. The van der Waals surface area contributed by atoms with Gasteiger partial charge in [-0.25, -0.2) is 0 Å². The molecule has 2 atom stereocenters. The van der Waals surface area contributed by atoms with Crippen molar-refractivity contribution in [3.8, 4) is 5.75 Å². The molecule has 1 aromatic carbocycles. The number of aromatic hydroxyl groups is 1. The molecular weight excluding hydrogens is 272 g/mol. The summed E-state index contributed by atoms with van der Waals surface area (Å²) >= 11 is 1.34. The molecule has 4 nitrogen and oxygen atoms in total. The monoisotopic (exact) mass is 292 g/mol. The molecule has 1 aromatic rings. The second-order valence-corrected chi connectivity index (χ2v) is 5.94. The van der Waals surface area contributed by atoms with E-state index in [0.717, 1.165) is 23.4 Å². The van der Waals surface area contributed by atoms with Crippen LogP contribution >= 0.6 is 11.8 Å². The molecule has 0 aliphatic carbocycles. The average Bonchev–Trinajstić information content (AvgIpc) is 2.46. The molecule has 0 spiro atoms. The van der Waals surface area contributed by atoms with Gasteiger partial charge in [-0.3, -0.25) is 15.1 Å². The molecule has 0 fully saturated rings. The zero-order valence-electron chi connectivity index (χ0n) is 11.8. The van der Waals surface area contributed by atoms with E-state index in [-0.39, 0.29) is 22.8 Å². The van der Waals surface area contributed by atoms with Gasteiger partial charge < -0.3 is 5.11 Å². The molecule has 20 heavy (non-hydrogen) atoms. The number of hydrogen-bond donors (Lipinski definition) is 2. The summed E-state index contributed by atoms with van der Waals surface area (Å²) in [5.41, 5.74) is 1.88. The zero-order chi connectivity index (χ0) is 14.5. The Morgan fingerprint density at radius 1 is 1.50 bits per heavy atom. The standard InChI is InChI=1S/C15H20N2O2S/c1-3-12-13(15(19)20-4-2)14(17-9-16-12)10-6-5-7-11(18)8-10/h5-8,13-14,17-18H,3-4,9H2,1-2H3. The number of phenols is 1. The lowest BCUT2D eigenvalue weighted by molar-refractivity contribution is -0.113. The van der Waals surface area contributed by atoms with Crippen LogP contribution in [0.4, 0.5) is 0 Å². The first-order valence-electron chi connectivity index (χ1n) is 6.89. The third-order valence-electron chi connectivity index (χ3n) is 3.42. The van der Waals surface area contributed by atoms with Crippen LogP contribution in [0.2, 0.25) is 0 Å². The van der Waals surface area contributed by atoms with Gasteiger partial charge in [0.25, 0.3) is 0 Å². The van der Waals surface area contributed by atoms with Crippen molar-refractivity contribution in [3.63, 3.8) is 0 Å². The van der Waals surface area contributed by atoms with Gasteiger partial charge in [0, 0.05) is 11.8 Å². The number of thioether (sulfide) groups is 1. The van der Waals surface area contributed by atoms with Gasteiger partial charge in [-0.05, 0) is 29.9 Å². The quantitative estimate of drug-likeness (QED) is 0.896. The van der Waals surface area contributed by atoms with Crippen LogP contribution in [0.5, 0.6) is 5.75 Å². The average molecular weight is 292 g/mol. The molecular formula is C15H20N2O2S. The maximum absolute atomic E-state index is 12.4. The van der Waals surface area contributed by atoms with Crippen molar-refractivity contribution >= 4 is 22.6 Å². The number of phenolic OH excluding ortho intramolecular Hbond substituents is 1. The van der Waals surface area contributed by atoms with Crippen molar-refractivity contribution in [1.29, 1.82) is 0 Å². The van der Waals surface area contributed by atoms with Crippen molar-refractivity contribution in [3.05, 3.63) is 29.8 Å². The lowest BCUT2D eigenvalue weighted by Gasteiger charge is -2.31. The van der Waals surface area contributed by atoms with E-state index < -0.39 is 0 Å². The lowest BCUT2D eigenvalue weighted by atomic mass is 9.87. The van der Waals surface area contributed by atoms with Gasteiger partial charge in [0.2, 0.25) is 0 Å². The van der Waals surface area contributed by atoms with Gasteiger partial charge in [-0.15, -0.1) is 0 Å². The molecule has 0 radical (unpaired) electrons. The van der Waals surface area contributed by atoms with Crippen LogP contribution in [0.15, 0.2) is 29.3 Å². The van der Waals surface area contributed by atoms with Gasteiger partial charge in [0.15, 0.2) is 5.12 Å². The first-order valence-corrected chi connectivity index (χ1v) is 7.88. The first-order chi connectivity index (χ1) is 9.67. The summed E-state index contributed by atoms with van der Waals surface area (Å²) in [5.74, 6) is 0.735. The smallest absolute Gasteiger partial charge is 0.199 e. The van der Waals surface area contributed by atoms with E-state index in [1.54, 1.807) is 18.2 Å². The molecule has 1 aliphatic heterocycles. The highest BCUT2D eigenvalue weighted by Crippen LogP contribution is 2.32. The zero-order valence-corrected chi connectivity index (χ0v) is 12.6. The summed E-state index contributed by atoms with van der Waals surface area (Å²) in [6.07, 6.45) is 0.775. The minimum absolute atomic E-state index is 0.110. The summed E-state index contributed by atoms with van der Waals surface area (Å²) in [6, 6.07) is 6.98. The molecule has 1 heterocycles. The molecule has 2 unspecified atom stereocenters. The topological polar surface area (TPSA) is 61.7 Å². The van der Waals surface area contributed by atoms with E-state index in [1.165, 1.54) is 11.8 Å². The van der Waals surface area contributed by atoms with Crippen LogP contribution in [0.1, 0.15) is 31.9 Å². The van der Waals surface area contributed by atoms with Crippen LogP contribution in [0.3, 0.4) is 0 Å². The Labute approximate surface area is 123 Å². The number of aliphatic imine (C=N–C) groups is 1. The molecule has 0 aromatic heterocycles. The Bertz CT molecular complexity index is 516. The summed E-state index contributed by atoms with van der Waals surface area (Å²) in [5, 5.41) is 13.1. The molecule has 108 valence electrons. The van der Waals surface area contributed by atoms with Crippen molar-refractivity contribution in [2.75, 3.05) is 12.4 Å². The highest BCUT2D eigenvalue weighted by atomic mass is 32.2. The fraction of sp³-hybridized carbons (Fsp3) is 0.467. The highest BCUT2D eigenvalue weighted by molar-refractivity contribution is 8.13. The van der Waals surface area contributed by atoms with Crippen molar-refractivity contribution in [2.24, 2.45) is 10.9 Å². The maximum Gasteiger partial charge on any atom is 0.199 e. The van der Waals surface area contributed by atoms with Gasteiger partial charge in [-0.1, -0.05) is 37.7 Å². The number of carbonyl (C=O) groups is 1. The van der Waals surface area contributed by atoms with Crippen molar-refractivity contribution < 1.29 is 9.90 Å². The van der Waals surface area contributed by atoms with E-state index in [1.807, 2.05) is 19.9 Å². The fourth-order valence-corrected chi connectivity index (χ4v) is 3.25. The van der Waals surface area contributed by atoms with Crippen LogP contribution in [0, 0.1) is 5.92 Å². The maximum atomic E-state index is 12.4. The normalized spacial score (nSPS) is 22.4. The van der Waals surface area contributed by atoms with Crippen LogP contribution in [-0.2, 0) is 4.79 Å². The summed E-state index contributed by atoms with van der Waals surface area (Å²) in [6.45, 7) is 4.52. The molecule has 0 amide bonds. The number of nitrogens with one attached hydrogen (secondary N) is 1. The number of benzene rings is 1. The largest absolute Gasteiger partial charge is 0.508 e. The van der Waals surface area contributed by atoms with Crippen LogP contribution in [-0.4, -0.2) is 28.4 Å². The Kier molecular flexibility index (Phi) is 5.20. The first kappa shape index (κ1) is 15.1. The minimum atomic E-state index is -0.250. The molecule has 2 N–H and O–H groups in total. The van der Waals surface area contributed by atoms with E-state index in [2.05, 4.69) is 10.3 Å². The Morgan fingerprint density at radius 2 is 2.30 bits per heavy atom. The van der Waals surface area contributed by atoms with Gasteiger partial charge >= 0.3 is 0 Å². The third-order valence-corrected chi connectivity index (χ3v) is 4.24. The summed E-state index contributed by atoms with van der Waals surface area (Å²) in [7, 11) is 0. The van der Waals surface area contributed by atoms with E-state index in [4.69, 9.17) is 0 Å². The van der Waals surface area contributed by atoms with Gasteiger partial charge in [-0.2, -0.15) is 0 Å². The van der Waals surface area contributed by atoms with Crippen LogP contribution in [0.25, 0.3) is 0 Å². The number of carbonyl (C=O) groups excluding carboxylic acids is 1. The van der Waals surface area contributed by atoms with Gasteiger partial charge in [0.05, 0.1) is 12.6 Å².